The molecule has 0 aliphatic carbocycles. The van der Waals surface area contributed by atoms with Crippen molar-refractivity contribution in [1.29, 1.82) is 0 Å². The van der Waals surface area contributed by atoms with Gasteiger partial charge in [-0.25, -0.2) is 9.97 Å². The van der Waals surface area contributed by atoms with E-state index in [1.54, 1.807) is 18.7 Å². The third-order valence-corrected chi connectivity index (χ3v) is 1.70. The summed E-state index contributed by atoms with van der Waals surface area (Å²) in [7, 11) is 3.91. The molecule has 0 amide bonds. The molecular weight excluding hydrogens is 188 g/mol. The van der Waals surface area contributed by atoms with Crippen LogP contribution in [0, 0.1) is 6.92 Å². The van der Waals surface area contributed by atoms with Crippen LogP contribution in [-0.4, -0.2) is 19.1 Å². The van der Waals surface area contributed by atoms with Crippen molar-refractivity contribution >= 4 is 0 Å². The molecule has 0 spiro atoms. The molecule has 4 nitrogen and oxygen atoms in total. The highest BCUT2D eigenvalue weighted by molar-refractivity contribution is 4.85. The van der Waals surface area contributed by atoms with Crippen molar-refractivity contribution in [3.63, 3.8) is 0 Å². The van der Waals surface area contributed by atoms with Crippen molar-refractivity contribution in [1.82, 2.24) is 19.1 Å². The highest BCUT2D eigenvalue weighted by Gasteiger charge is 1.83. The largest absolute Gasteiger partial charge is 0.341 e. The van der Waals surface area contributed by atoms with E-state index in [1.165, 1.54) is 0 Å². The smallest absolute Gasteiger partial charge is 0.105 e. The van der Waals surface area contributed by atoms with Crippen LogP contribution in [0.25, 0.3) is 0 Å². The van der Waals surface area contributed by atoms with Crippen LogP contribution in [0.3, 0.4) is 0 Å². The van der Waals surface area contributed by atoms with Crippen molar-refractivity contribution in [2.45, 2.75) is 21.8 Å². The van der Waals surface area contributed by atoms with Crippen LogP contribution < -0.4 is 0 Å². The number of hydrogen-bond acceptors (Lipinski definition) is 2. The monoisotopic (exact) mass is 210 g/mol. The molecule has 0 aliphatic rings. The Hall–Kier alpha value is -1.58. The van der Waals surface area contributed by atoms with Gasteiger partial charge >= 0.3 is 0 Å². The molecule has 0 radical (unpaired) electrons. The molecular formula is C11H22N4. The SMILES string of the molecule is C.C.Cc1nccn1C.Cn1ccnc1. The fraction of sp³-hybridized carbons (Fsp3) is 0.455. The van der Waals surface area contributed by atoms with E-state index < -0.39 is 0 Å². The van der Waals surface area contributed by atoms with Crippen molar-refractivity contribution in [3.8, 4) is 0 Å². The molecule has 0 fully saturated rings. The highest BCUT2D eigenvalue weighted by Crippen LogP contribution is 1.86. The molecule has 0 bridgehead atoms. The Bertz CT molecular complexity index is 319. The molecule has 0 aliphatic heterocycles. The first-order valence-electron chi connectivity index (χ1n) is 4.06. The molecule has 0 saturated heterocycles. The summed E-state index contributed by atoms with van der Waals surface area (Å²) >= 11 is 0. The van der Waals surface area contributed by atoms with E-state index in [1.807, 2.05) is 42.5 Å². The summed E-state index contributed by atoms with van der Waals surface area (Å²) < 4.78 is 3.86. The first-order chi connectivity index (χ1) is 6.20. The van der Waals surface area contributed by atoms with Gasteiger partial charge in [0.05, 0.1) is 6.33 Å². The second kappa shape index (κ2) is 7.79. The van der Waals surface area contributed by atoms with Crippen LogP contribution >= 0.6 is 0 Å². The maximum atomic E-state index is 3.98. The minimum absolute atomic E-state index is 0. The molecule has 0 unspecified atom stereocenters. The summed E-state index contributed by atoms with van der Waals surface area (Å²) in [5.41, 5.74) is 0. The minimum atomic E-state index is 0. The van der Waals surface area contributed by atoms with Gasteiger partial charge in [-0.3, -0.25) is 0 Å². The Morgan fingerprint density at radius 1 is 1.07 bits per heavy atom. The van der Waals surface area contributed by atoms with Crippen molar-refractivity contribution in [2.75, 3.05) is 0 Å². The second-order valence-electron chi connectivity index (χ2n) is 2.81. The molecule has 0 aromatic carbocycles. The number of rotatable bonds is 0. The Labute approximate surface area is 92.6 Å². The maximum Gasteiger partial charge on any atom is 0.105 e. The average molecular weight is 210 g/mol. The van der Waals surface area contributed by atoms with Crippen molar-refractivity contribution < 1.29 is 0 Å². The fourth-order valence-corrected chi connectivity index (χ4v) is 0.766. The maximum absolute atomic E-state index is 3.98. The fourth-order valence-electron chi connectivity index (χ4n) is 0.766. The molecule has 86 valence electrons. The van der Waals surface area contributed by atoms with Crippen LogP contribution in [0.4, 0.5) is 0 Å². The second-order valence-corrected chi connectivity index (χ2v) is 2.81. The molecule has 2 rings (SSSR count). The molecule has 0 saturated carbocycles. The third-order valence-electron chi connectivity index (χ3n) is 1.70. The quantitative estimate of drug-likeness (QED) is 0.669. The number of nitrogens with zero attached hydrogens (tertiary/aromatic N) is 4. The zero-order chi connectivity index (χ0) is 9.68. The van der Waals surface area contributed by atoms with Crippen molar-refractivity contribution in [3.05, 3.63) is 36.9 Å². The summed E-state index contributed by atoms with van der Waals surface area (Å²) in [5.74, 6) is 1.06. The lowest BCUT2D eigenvalue weighted by molar-refractivity contribution is 0.858. The lowest BCUT2D eigenvalue weighted by atomic mass is 10.7. The van der Waals surface area contributed by atoms with E-state index in [-0.39, 0.29) is 14.9 Å². The van der Waals surface area contributed by atoms with Gasteiger partial charge in [-0.2, -0.15) is 0 Å². The van der Waals surface area contributed by atoms with Crippen LogP contribution in [0.5, 0.6) is 0 Å². The molecule has 2 aromatic heterocycles. The molecule has 2 aromatic rings. The van der Waals surface area contributed by atoms with E-state index in [4.69, 9.17) is 0 Å². The third kappa shape index (κ3) is 5.67. The molecule has 4 heteroatoms. The molecule has 0 atom stereocenters. The van der Waals surface area contributed by atoms with Gasteiger partial charge < -0.3 is 9.13 Å². The predicted octanol–water partition coefficient (Wildman–Crippen LogP) is 2.42. The Morgan fingerprint density at radius 3 is 1.87 bits per heavy atom. The zero-order valence-corrected chi connectivity index (χ0v) is 8.18. The van der Waals surface area contributed by atoms with Crippen LogP contribution in [0.15, 0.2) is 31.1 Å². The first kappa shape index (κ1) is 15.9. The summed E-state index contributed by atoms with van der Waals surface area (Å²) in [6, 6.07) is 0. The van der Waals surface area contributed by atoms with Gasteiger partial charge in [-0.1, -0.05) is 14.9 Å². The lowest BCUT2D eigenvalue weighted by Crippen LogP contribution is -1.86. The molecule has 0 N–H and O–H groups in total. The minimum Gasteiger partial charge on any atom is -0.341 e. The lowest BCUT2D eigenvalue weighted by Gasteiger charge is -1.87. The van der Waals surface area contributed by atoms with Gasteiger partial charge in [-0.05, 0) is 6.92 Å². The van der Waals surface area contributed by atoms with Gasteiger partial charge in [0, 0.05) is 38.9 Å². The van der Waals surface area contributed by atoms with Gasteiger partial charge in [0.15, 0.2) is 0 Å². The number of hydrogen-bond donors (Lipinski definition) is 0. The summed E-state index contributed by atoms with van der Waals surface area (Å²) in [4.78, 5) is 7.76. The van der Waals surface area contributed by atoms with Gasteiger partial charge in [0.2, 0.25) is 0 Å². The Morgan fingerprint density at radius 2 is 1.73 bits per heavy atom. The van der Waals surface area contributed by atoms with Crippen LogP contribution in [0.1, 0.15) is 20.7 Å². The van der Waals surface area contributed by atoms with Crippen LogP contribution in [-0.2, 0) is 14.1 Å². The zero-order valence-electron chi connectivity index (χ0n) is 8.18. The summed E-state index contributed by atoms with van der Waals surface area (Å²) in [6.07, 6.45) is 9.10. The van der Waals surface area contributed by atoms with Gasteiger partial charge in [0.1, 0.15) is 5.82 Å². The summed E-state index contributed by atoms with van der Waals surface area (Å²) in [6.45, 7) is 1.97. The molecule has 2 heterocycles. The topological polar surface area (TPSA) is 35.6 Å². The van der Waals surface area contributed by atoms with E-state index in [0.29, 0.717) is 0 Å². The normalized spacial score (nSPS) is 7.93. The van der Waals surface area contributed by atoms with E-state index in [0.717, 1.165) is 5.82 Å². The Balaban J connectivity index is 0. The average Bonchev–Trinajstić information content (AvgIpc) is 2.67. The summed E-state index contributed by atoms with van der Waals surface area (Å²) in [5, 5.41) is 0. The van der Waals surface area contributed by atoms with E-state index in [2.05, 4.69) is 9.97 Å². The van der Waals surface area contributed by atoms with Gasteiger partial charge in [0.25, 0.3) is 0 Å². The predicted molar refractivity (Wildman–Crippen MR) is 64.6 cm³/mol. The first-order valence-corrected chi connectivity index (χ1v) is 4.06. The van der Waals surface area contributed by atoms with E-state index in [9.17, 15) is 0 Å². The van der Waals surface area contributed by atoms with Crippen LogP contribution in [0.2, 0.25) is 0 Å². The highest BCUT2D eigenvalue weighted by atomic mass is 15.0. The number of aryl methyl sites for hydroxylation is 3. The standard InChI is InChI=1S/C5H8N2.C4H6N2.2CH4/c1-5-6-3-4-7(5)2;1-6-3-2-5-4-6;;/h3-4H,1-2H3;2-4H,1H3;2*1H4. The Kier molecular flexibility index (Phi) is 8.24. The number of imidazole rings is 2. The molecule has 15 heavy (non-hydrogen) atoms. The van der Waals surface area contributed by atoms with Gasteiger partial charge in [-0.15, -0.1) is 0 Å². The van der Waals surface area contributed by atoms with E-state index >= 15 is 0 Å². The van der Waals surface area contributed by atoms with Crippen molar-refractivity contribution in [2.24, 2.45) is 14.1 Å². The number of aromatic nitrogens is 4.